The third-order valence-corrected chi connectivity index (χ3v) is 6.99. The van der Waals surface area contributed by atoms with Gasteiger partial charge in [-0.05, 0) is 23.8 Å². The molecule has 1 fully saturated rings. The monoisotopic (exact) mass is 587 g/mol. The van der Waals surface area contributed by atoms with Crippen LogP contribution in [-0.4, -0.2) is 67.2 Å². The molecule has 4 rings (SSSR count). The molecule has 1 aliphatic heterocycles. The molecule has 3 aromatic rings. The topological polar surface area (TPSA) is 146 Å². The zero-order valence-electron chi connectivity index (χ0n) is 22.8. The van der Waals surface area contributed by atoms with Crippen molar-refractivity contribution in [3.8, 4) is 11.5 Å². The first-order chi connectivity index (χ1) is 19.6. The standard InChI is InChI=1S/C28H29NO11S/c1-15(30)35-14-23-27(38-17(3)32)21(37-16(2)31)10-26(40-23)36-13-18-5-7-19(8-6-18)39-22-11-29-12-25-20(22)9-24(41-25)28(33)34-4/h5-9,11-12,21,23,26-27H,10,13-14H2,1-4H3/t21-,23-,26-,27+/m1/s1. The lowest BCUT2D eigenvalue weighted by Gasteiger charge is -2.39. The molecule has 4 atom stereocenters. The molecule has 0 unspecified atom stereocenters. The highest BCUT2D eigenvalue weighted by atomic mass is 32.1. The Bertz CT molecular complexity index is 1400. The van der Waals surface area contributed by atoms with Crippen molar-refractivity contribution in [3.05, 3.63) is 53.2 Å². The summed E-state index contributed by atoms with van der Waals surface area (Å²) in [7, 11) is 1.33. The number of aromatic nitrogens is 1. The van der Waals surface area contributed by atoms with E-state index < -0.39 is 48.5 Å². The summed E-state index contributed by atoms with van der Waals surface area (Å²) in [6.07, 6.45) is -0.256. The highest BCUT2D eigenvalue weighted by Gasteiger charge is 2.44. The largest absolute Gasteiger partial charge is 0.465 e. The van der Waals surface area contributed by atoms with Gasteiger partial charge in [0.25, 0.3) is 0 Å². The third-order valence-electron chi connectivity index (χ3n) is 5.94. The molecular weight excluding hydrogens is 558 g/mol. The van der Waals surface area contributed by atoms with Crippen molar-refractivity contribution in [1.82, 2.24) is 4.98 Å². The van der Waals surface area contributed by atoms with Gasteiger partial charge in [-0.1, -0.05) is 12.1 Å². The number of thiophene rings is 1. The number of hydrogen-bond donors (Lipinski definition) is 0. The number of methoxy groups -OCH3 is 1. The van der Waals surface area contributed by atoms with E-state index in [0.29, 0.717) is 16.4 Å². The Morgan fingerprint density at radius 3 is 2.39 bits per heavy atom. The van der Waals surface area contributed by atoms with E-state index in [1.54, 1.807) is 42.7 Å². The first-order valence-corrected chi connectivity index (χ1v) is 13.4. The highest BCUT2D eigenvalue weighted by Crippen LogP contribution is 2.35. The van der Waals surface area contributed by atoms with Crippen molar-refractivity contribution in [1.29, 1.82) is 0 Å². The second-order valence-corrected chi connectivity index (χ2v) is 10.2. The lowest BCUT2D eigenvalue weighted by atomic mass is 10.0. The zero-order chi connectivity index (χ0) is 29.5. The van der Waals surface area contributed by atoms with Gasteiger partial charge in [-0.15, -0.1) is 11.3 Å². The minimum absolute atomic E-state index is 0.0977. The summed E-state index contributed by atoms with van der Waals surface area (Å²) in [5.74, 6) is -1.10. The summed E-state index contributed by atoms with van der Waals surface area (Å²) in [5.41, 5.74) is 0.795. The maximum absolute atomic E-state index is 11.9. The van der Waals surface area contributed by atoms with E-state index in [1.165, 1.54) is 39.2 Å². The molecule has 0 radical (unpaired) electrons. The molecule has 0 aliphatic carbocycles. The molecule has 13 heteroatoms. The van der Waals surface area contributed by atoms with Crippen LogP contribution in [0.25, 0.3) is 10.1 Å². The summed E-state index contributed by atoms with van der Waals surface area (Å²) < 4.78 is 39.3. The molecule has 1 aliphatic rings. The fourth-order valence-corrected chi connectivity index (χ4v) is 5.16. The molecule has 41 heavy (non-hydrogen) atoms. The Hall–Kier alpha value is -4.07. The normalized spacial score (nSPS) is 20.2. The lowest BCUT2D eigenvalue weighted by Crippen LogP contribution is -2.54. The van der Waals surface area contributed by atoms with E-state index in [-0.39, 0.29) is 19.6 Å². The Morgan fingerprint density at radius 1 is 1.00 bits per heavy atom. The second kappa shape index (κ2) is 13.5. The average Bonchev–Trinajstić information content (AvgIpc) is 3.37. The van der Waals surface area contributed by atoms with Crippen LogP contribution < -0.4 is 4.74 Å². The molecule has 0 spiro atoms. The number of hydrogen-bond acceptors (Lipinski definition) is 13. The predicted octanol–water partition coefficient (Wildman–Crippen LogP) is 3.93. The Morgan fingerprint density at radius 2 is 1.73 bits per heavy atom. The van der Waals surface area contributed by atoms with Gasteiger partial charge >= 0.3 is 23.9 Å². The first kappa shape index (κ1) is 29.9. The molecule has 1 saturated heterocycles. The van der Waals surface area contributed by atoms with Gasteiger partial charge < -0.3 is 33.2 Å². The first-order valence-electron chi connectivity index (χ1n) is 12.6. The Balaban J connectivity index is 1.41. The van der Waals surface area contributed by atoms with Gasteiger partial charge in [0.15, 0.2) is 18.1 Å². The van der Waals surface area contributed by atoms with Crippen LogP contribution >= 0.6 is 11.3 Å². The molecule has 0 saturated carbocycles. The average molecular weight is 588 g/mol. The molecular formula is C28H29NO11S. The van der Waals surface area contributed by atoms with Crippen molar-refractivity contribution < 1.29 is 52.3 Å². The quantitative estimate of drug-likeness (QED) is 0.250. The number of nitrogens with zero attached hydrogens (tertiary/aromatic N) is 1. The van der Waals surface area contributed by atoms with Crippen molar-refractivity contribution in [2.24, 2.45) is 0 Å². The van der Waals surface area contributed by atoms with E-state index in [1.807, 2.05) is 0 Å². The second-order valence-electron chi connectivity index (χ2n) is 9.07. The highest BCUT2D eigenvalue weighted by molar-refractivity contribution is 7.20. The molecule has 2 aromatic heterocycles. The number of pyridine rings is 1. The van der Waals surface area contributed by atoms with Crippen LogP contribution in [0.4, 0.5) is 0 Å². The van der Waals surface area contributed by atoms with Gasteiger partial charge in [0, 0.05) is 38.8 Å². The van der Waals surface area contributed by atoms with E-state index in [0.717, 1.165) is 15.6 Å². The van der Waals surface area contributed by atoms with Gasteiger partial charge in [-0.3, -0.25) is 19.4 Å². The van der Waals surface area contributed by atoms with Gasteiger partial charge in [0.1, 0.15) is 29.4 Å². The van der Waals surface area contributed by atoms with Gasteiger partial charge in [-0.25, -0.2) is 4.79 Å². The fourth-order valence-electron chi connectivity index (χ4n) is 4.19. The van der Waals surface area contributed by atoms with Gasteiger partial charge in [-0.2, -0.15) is 0 Å². The summed E-state index contributed by atoms with van der Waals surface area (Å²) in [4.78, 5) is 51.3. The SMILES string of the molecule is COC(=O)c1cc2c(Oc3ccc(CO[C@H]4C[C@@H](OC(C)=O)[C@H](OC(C)=O)[C@@H](COC(C)=O)O4)cc3)cncc2s1. The Kier molecular flexibility index (Phi) is 9.86. The summed E-state index contributed by atoms with van der Waals surface area (Å²) in [6.45, 7) is 3.63. The van der Waals surface area contributed by atoms with Gasteiger partial charge in [0.05, 0.1) is 24.6 Å². The smallest absolute Gasteiger partial charge is 0.348 e. The molecule has 0 bridgehead atoms. The van der Waals surface area contributed by atoms with E-state index in [2.05, 4.69) is 4.98 Å². The van der Waals surface area contributed by atoms with Crippen molar-refractivity contribution in [2.75, 3.05) is 13.7 Å². The van der Waals surface area contributed by atoms with E-state index in [4.69, 9.17) is 33.2 Å². The maximum atomic E-state index is 11.9. The van der Waals surface area contributed by atoms with Crippen LogP contribution in [0, 0.1) is 0 Å². The number of carbonyl (C=O) groups excluding carboxylic acids is 4. The minimum Gasteiger partial charge on any atom is -0.465 e. The van der Waals surface area contributed by atoms with Crippen molar-refractivity contribution >= 4 is 45.3 Å². The van der Waals surface area contributed by atoms with E-state index in [9.17, 15) is 19.2 Å². The Labute approximate surface area is 239 Å². The van der Waals surface area contributed by atoms with E-state index >= 15 is 0 Å². The molecule has 3 heterocycles. The van der Waals surface area contributed by atoms with Crippen LogP contribution in [0.5, 0.6) is 11.5 Å². The fraction of sp³-hybridized carbons (Fsp3) is 0.393. The number of ether oxygens (including phenoxy) is 7. The molecule has 1 aromatic carbocycles. The third kappa shape index (κ3) is 7.99. The number of esters is 4. The number of benzene rings is 1. The predicted molar refractivity (Wildman–Crippen MR) is 143 cm³/mol. The van der Waals surface area contributed by atoms with Crippen LogP contribution in [0.3, 0.4) is 0 Å². The molecule has 0 amide bonds. The summed E-state index contributed by atoms with van der Waals surface area (Å²) in [6, 6.07) is 8.84. The summed E-state index contributed by atoms with van der Waals surface area (Å²) >= 11 is 1.27. The number of fused-ring (bicyclic) bond motifs is 1. The molecule has 12 nitrogen and oxygen atoms in total. The van der Waals surface area contributed by atoms with Crippen LogP contribution in [-0.2, 0) is 49.4 Å². The van der Waals surface area contributed by atoms with Crippen molar-refractivity contribution in [2.45, 2.75) is 58.4 Å². The molecule has 218 valence electrons. The van der Waals surface area contributed by atoms with Crippen molar-refractivity contribution in [3.63, 3.8) is 0 Å². The maximum Gasteiger partial charge on any atom is 0.348 e. The lowest BCUT2D eigenvalue weighted by molar-refractivity contribution is -0.269. The number of carbonyl (C=O) groups is 4. The number of rotatable bonds is 10. The minimum atomic E-state index is -0.974. The zero-order valence-corrected chi connectivity index (χ0v) is 23.6. The molecule has 0 N–H and O–H groups in total. The van der Waals surface area contributed by atoms with Crippen LogP contribution in [0.1, 0.15) is 42.4 Å². The van der Waals surface area contributed by atoms with Crippen LogP contribution in [0.2, 0.25) is 0 Å². The van der Waals surface area contributed by atoms with Crippen LogP contribution in [0.15, 0.2) is 42.7 Å². The summed E-state index contributed by atoms with van der Waals surface area (Å²) in [5, 5.41) is 0.741. The van der Waals surface area contributed by atoms with Gasteiger partial charge in [0.2, 0.25) is 0 Å².